The first-order chi connectivity index (χ1) is 8.84. The summed E-state index contributed by atoms with van der Waals surface area (Å²) in [6.45, 7) is 2.00. The van der Waals surface area contributed by atoms with Gasteiger partial charge in [0, 0.05) is 5.41 Å². The Bertz CT molecular complexity index is 696. The minimum atomic E-state index is -3.52. The van der Waals surface area contributed by atoms with Crippen LogP contribution in [-0.2, 0) is 26.1 Å². The Morgan fingerprint density at radius 2 is 1.63 bits per heavy atom. The van der Waals surface area contributed by atoms with Crippen molar-refractivity contribution in [2.75, 3.05) is 11.5 Å². The number of benzene rings is 1. The van der Waals surface area contributed by atoms with Crippen LogP contribution in [0.4, 0.5) is 0 Å². The van der Waals surface area contributed by atoms with E-state index in [9.17, 15) is 16.8 Å². The van der Waals surface area contributed by atoms with E-state index in [0.29, 0.717) is 5.56 Å². The second-order valence-corrected chi connectivity index (χ2v) is 8.62. The van der Waals surface area contributed by atoms with Gasteiger partial charge in [-0.25, -0.2) is 16.8 Å². The van der Waals surface area contributed by atoms with Gasteiger partial charge in [-0.1, -0.05) is 31.2 Å². The lowest BCUT2D eigenvalue weighted by Crippen LogP contribution is -2.07. The van der Waals surface area contributed by atoms with E-state index in [4.69, 9.17) is 0 Å². The van der Waals surface area contributed by atoms with Crippen LogP contribution in [0, 0.1) is 0 Å². The van der Waals surface area contributed by atoms with E-state index in [0.717, 1.165) is 17.4 Å². The molecule has 0 saturated heterocycles. The fourth-order valence-corrected chi connectivity index (χ4v) is 5.58. The molecular formula is C13H16O4S2. The van der Waals surface area contributed by atoms with Crippen LogP contribution in [0.1, 0.15) is 24.5 Å². The normalized spacial score (nSPS) is 21.4. The first-order valence-electron chi connectivity index (χ1n) is 6.10. The quantitative estimate of drug-likeness (QED) is 0.835. The van der Waals surface area contributed by atoms with Crippen molar-refractivity contribution in [1.82, 2.24) is 0 Å². The summed E-state index contributed by atoms with van der Waals surface area (Å²) >= 11 is 0. The third-order valence-corrected chi connectivity index (χ3v) is 6.56. The molecule has 4 nitrogen and oxygen atoms in total. The van der Waals surface area contributed by atoms with Crippen molar-refractivity contribution in [2.24, 2.45) is 0 Å². The zero-order valence-electron chi connectivity index (χ0n) is 10.7. The van der Waals surface area contributed by atoms with Gasteiger partial charge in [0.05, 0.1) is 16.4 Å². The van der Waals surface area contributed by atoms with Crippen molar-refractivity contribution < 1.29 is 16.8 Å². The van der Waals surface area contributed by atoms with Gasteiger partial charge >= 0.3 is 0 Å². The lowest BCUT2D eigenvalue weighted by Gasteiger charge is -2.07. The predicted molar refractivity (Wildman–Crippen MR) is 76.0 cm³/mol. The van der Waals surface area contributed by atoms with Gasteiger partial charge in [-0.3, -0.25) is 0 Å². The molecule has 1 aromatic rings. The smallest absolute Gasteiger partial charge is 0.179 e. The first-order valence-corrected chi connectivity index (χ1v) is 9.47. The zero-order valence-corrected chi connectivity index (χ0v) is 12.3. The monoisotopic (exact) mass is 300 g/mol. The Hall–Kier alpha value is -1.14. The van der Waals surface area contributed by atoms with E-state index in [1.165, 1.54) is 0 Å². The molecule has 1 aliphatic heterocycles. The standard InChI is InChI=1S/C13H16O4S2/c1-2-11-4-6-12(7-5-11)13-10-18(14,15)8-3-9-19(13,16)17/h4-7,10H,2-3,8-9H2,1H3. The van der Waals surface area contributed by atoms with Crippen LogP contribution in [0.3, 0.4) is 0 Å². The average Bonchev–Trinajstić information content (AvgIpc) is 2.45. The van der Waals surface area contributed by atoms with Crippen LogP contribution in [0.15, 0.2) is 29.7 Å². The van der Waals surface area contributed by atoms with Crippen molar-refractivity contribution >= 4 is 24.6 Å². The predicted octanol–water partition coefficient (Wildman–Crippen LogP) is 1.78. The minimum absolute atomic E-state index is 0.0762. The Morgan fingerprint density at radius 1 is 1.00 bits per heavy atom. The fraction of sp³-hybridized carbons (Fsp3) is 0.385. The summed E-state index contributed by atoms with van der Waals surface area (Å²) in [6, 6.07) is 6.98. The maximum atomic E-state index is 12.1. The van der Waals surface area contributed by atoms with Crippen molar-refractivity contribution in [3.8, 4) is 0 Å². The van der Waals surface area contributed by atoms with Gasteiger partial charge < -0.3 is 0 Å². The van der Waals surface area contributed by atoms with Crippen LogP contribution >= 0.6 is 0 Å². The van der Waals surface area contributed by atoms with Gasteiger partial charge in [0.15, 0.2) is 19.7 Å². The molecule has 104 valence electrons. The number of aryl methyl sites for hydroxylation is 1. The molecular weight excluding hydrogens is 284 g/mol. The van der Waals surface area contributed by atoms with E-state index in [-0.39, 0.29) is 22.8 Å². The van der Waals surface area contributed by atoms with E-state index < -0.39 is 19.7 Å². The lowest BCUT2D eigenvalue weighted by molar-refractivity contribution is 0.602. The molecule has 0 aliphatic carbocycles. The Morgan fingerprint density at radius 3 is 2.21 bits per heavy atom. The molecule has 1 aromatic carbocycles. The Kier molecular flexibility index (Phi) is 3.82. The Labute approximate surface area is 114 Å². The summed E-state index contributed by atoms with van der Waals surface area (Å²) in [6.07, 6.45) is 1.00. The van der Waals surface area contributed by atoms with E-state index in [2.05, 4.69) is 0 Å². The minimum Gasteiger partial charge on any atom is -0.224 e. The molecule has 0 saturated carbocycles. The molecule has 0 atom stereocenters. The summed E-state index contributed by atoms with van der Waals surface area (Å²) in [5.41, 5.74) is 1.53. The third-order valence-electron chi connectivity index (χ3n) is 3.11. The van der Waals surface area contributed by atoms with Crippen LogP contribution in [0.2, 0.25) is 0 Å². The molecule has 19 heavy (non-hydrogen) atoms. The molecule has 6 heteroatoms. The number of hydrogen-bond acceptors (Lipinski definition) is 4. The highest BCUT2D eigenvalue weighted by Gasteiger charge is 2.26. The van der Waals surface area contributed by atoms with E-state index >= 15 is 0 Å². The van der Waals surface area contributed by atoms with Gasteiger partial charge in [0.2, 0.25) is 0 Å². The zero-order chi connectivity index (χ0) is 14.1. The first kappa shape index (κ1) is 14.3. The highest BCUT2D eigenvalue weighted by molar-refractivity contribution is 8.03. The van der Waals surface area contributed by atoms with Crippen molar-refractivity contribution in [3.63, 3.8) is 0 Å². The van der Waals surface area contributed by atoms with E-state index in [1.807, 2.05) is 19.1 Å². The highest BCUT2D eigenvalue weighted by Crippen LogP contribution is 2.27. The van der Waals surface area contributed by atoms with Crippen molar-refractivity contribution in [2.45, 2.75) is 19.8 Å². The lowest BCUT2D eigenvalue weighted by atomic mass is 10.1. The molecule has 0 bridgehead atoms. The molecule has 0 aromatic heterocycles. The van der Waals surface area contributed by atoms with Gasteiger partial charge in [0.1, 0.15) is 0 Å². The molecule has 0 amide bonds. The summed E-state index contributed by atoms with van der Waals surface area (Å²) in [7, 11) is -6.97. The fourth-order valence-electron chi connectivity index (χ4n) is 2.01. The van der Waals surface area contributed by atoms with Gasteiger partial charge in [-0.05, 0) is 24.0 Å². The average molecular weight is 300 g/mol. The van der Waals surface area contributed by atoms with Gasteiger partial charge in [-0.15, -0.1) is 0 Å². The summed E-state index contributed by atoms with van der Waals surface area (Å²) < 4.78 is 47.7. The van der Waals surface area contributed by atoms with Gasteiger partial charge in [-0.2, -0.15) is 0 Å². The molecule has 1 heterocycles. The van der Waals surface area contributed by atoms with Crippen LogP contribution < -0.4 is 0 Å². The van der Waals surface area contributed by atoms with Crippen molar-refractivity contribution in [1.29, 1.82) is 0 Å². The van der Waals surface area contributed by atoms with Crippen LogP contribution in [0.25, 0.3) is 4.91 Å². The number of rotatable bonds is 2. The third kappa shape index (κ3) is 3.25. The maximum absolute atomic E-state index is 12.1. The second-order valence-electron chi connectivity index (χ2n) is 4.57. The van der Waals surface area contributed by atoms with Gasteiger partial charge in [0.25, 0.3) is 0 Å². The largest absolute Gasteiger partial charge is 0.224 e. The molecule has 0 N–H and O–H groups in total. The molecule has 0 radical (unpaired) electrons. The van der Waals surface area contributed by atoms with Crippen LogP contribution in [-0.4, -0.2) is 28.3 Å². The summed E-state index contributed by atoms with van der Waals surface area (Å²) in [5, 5.41) is 0.913. The second kappa shape index (κ2) is 5.09. The summed E-state index contributed by atoms with van der Waals surface area (Å²) in [5.74, 6) is -0.226. The molecule has 1 aliphatic rings. The molecule has 0 unspecified atom stereocenters. The maximum Gasteiger partial charge on any atom is 0.179 e. The highest BCUT2D eigenvalue weighted by atomic mass is 32.2. The Balaban J connectivity index is 2.57. The molecule has 0 fully saturated rings. The summed E-state index contributed by atoms with van der Waals surface area (Å²) in [4.78, 5) is -0.0762. The van der Waals surface area contributed by atoms with Crippen LogP contribution in [0.5, 0.6) is 0 Å². The van der Waals surface area contributed by atoms with E-state index in [1.54, 1.807) is 12.1 Å². The molecule has 2 rings (SSSR count). The van der Waals surface area contributed by atoms with Crippen molar-refractivity contribution in [3.05, 3.63) is 40.8 Å². The number of hydrogen-bond donors (Lipinski definition) is 0. The topological polar surface area (TPSA) is 68.3 Å². The molecule has 0 spiro atoms. The SMILES string of the molecule is CCc1ccc(C2=CS(=O)(=O)CCCS2(=O)=O)cc1. The number of sulfone groups is 2.